The van der Waals surface area contributed by atoms with Gasteiger partial charge in [0.25, 0.3) is 6.43 Å². The van der Waals surface area contributed by atoms with E-state index in [9.17, 15) is 8.78 Å². The minimum Gasteiger partial charge on any atom is -0.488 e. The van der Waals surface area contributed by atoms with Crippen LogP contribution in [0.15, 0.2) is 29.3 Å². The molecule has 0 bridgehead atoms. The molecule has 2 N–H and O–H groups in total. The van der Waals surface area contributed by atoms with Gasteiger partial charge in [-0.1, -0.05) is 12.1 Å². The molecule has 1 aromatic carbocycles. The van der Waals surface area contributed by atoms with Gasteiger partial charge in [0.1, 0.15) is 12.4 Å². The Balaban J connectivity index is 0.00000264. The smallest absolute Gasteiger partial charge is 0.272 e. The van der Waals surface area contributed by atoms with Crippen molar-refractivity contribution >= 4 is 29.9 Å². The molecule has 0 heterocycles. The summed E-state index contributed by atoms with van der Waals surface area (Å²) in [6, 6.07) is 7.11. The fourth-order valence-corrected chi connectivity index (χ4v) is 1.97. The largest absolute Gasteiger partial charge is 0.488 e. The van der Waals surface area contributed by atoms with E-state index in [0.29, 0.717) is 12.3 Å². The average Bonchev–Trinajstić information content (AvgIpc) is 3.33. The minimum atomic E-state index is -2.46. The van der Waals surface area contributed by atoms with Gasteiger partial charge in [-0.3, -0.25) is 0 Å². The number of nitrogens with one attached hydrogen (secondary N) is 2. The maximum atomic E-state index is 12.2. The number of guanidine groups is 1. The lowest BCUT2D eigenvalue weighted by Gasteiger charge is -2.11. The fraction of sp³-hybridized carbons (Fsp3) is 0.562. The van der Waals surface area contributed by atoms with Crippen LogP contribution in [0.4, 0.5) is 8.78 Å². The number of aliphatic imine (C=N–C) groups is 1. The maximum absolute atomic E-state index is 12.2. The van der Waals surface area contributed by atoms with E-state index in [2.05, 4.69) is 15.6 Å². The zero-order valence-corrected chi connectivity index (χ0v) is 15.6. The SMILES string of the molecule is CCNC(=NCc1cccc(OCC(F)F)c1)NCC1CC1.I. The van der Waals surface area contributed by atoms with Crippen molar-refractivity contribution in [1.82, 2.24) is 10.6 Å². The van der Waals surface area contributed by atoms with E-state index in [-0.39, 0.29) is 24.0 Å². The number of ether oxygens (including phenoxy) is 1. The number of hydrogen-bond acceptors (Lipinski definition) is 2. The topological polar surface area (TPSA) is 45.7 Å². The van der Waals surface area contributed by atoms with E-state index in [1.165, 1.54) is 12.8 Å². The van der Waals surface area contributed by atoms with E-state index in [0.717, 1.165) is 30.5 Å². The molecule has 0 amide bonds. The molecular formula is C16H24F2IN3O. The number of alkyl halides is 2. The second-order valence-corrected chi connectivity index (χ2v) is 5.37. The molecule has 7 heteroatoms. The Bertz CT molecular complexity index is 496. The summed E-state index contributed by atoms with van der Waals surface area (Å²) < 4.78 is 29.3. The van der Waals surface area contributed by atoms with Crippen LogP contribution in [-0.4, -0.2) is 32.1 Å². The summed E-state index contributed by atoms with van der Waals surface area (Å²) in [7, 11) is 0. The van der Waals surface area contributed by atoms with Gasteiger partial charge in [-0.25, -0.2) is 13.8 Å². The van der Waals surface area contributed by atoms with Crippen molar-refractivity contribution in [2.75, 3.05) is 19.7 Å². The highest BCUT2D eigenvalue weighted by Crippen LogP contribution is 2.27. The van der Waals surface area contributed by atoms with Crippen LogP contribution in [0.2, 0.25) is 0 Å². The molecule has 0 aromatic heterocycles. The number of nitrogens with zero attached hydrogens (tertiary/aromatic N) is 1. The predicted molar refractivity (Wildman–Crippen MR) is 98.9 cm³/mol. The molecule has 0 radical (unpaired) electrons. The van der Waals surface area contributed by atoms with E-state index >= 15 is 0 Å². The van der Waals surface area contributed by atoms with Gasteiger partial charge < -0.3 is 15.4 Å². The highest BCUT2D eigenvalue weighted by Gasteiger charge is 2.20. The van der Waals surface area contributed by atoms with Crippen molar-refractivity contribution in [2.24, 2.45) is 10.9 Å². The first-order chi connectivity index (χ1) is 10.7. The molecule has 1 fully saturated rings. The van der Waals surface area contributed by atoms with Gasteiger partial charge in [0.2, 0.25) is 0 Å². The monoisotopic (exact) mass is 439 g/mol. The molecule has 0 aliphatic heterocycles. The van der Waals surface area contributed by atoms with Crippen LogP contribution >= 0.6 is 24.0 Å². The van der Waals surface area contributed by atoms with E-state index in [4.69, 9.17) is 4.74 Å². The first-order valence-corrected chi connectivity index (χ1v) is 7.69. The molecule has 1 aromatic rings. The van der Waals surface area contributed by atoms with Crippen molar-refractivity contribution in [1.29, 1.82) is 0 Å². The fourth-order valence-electron chi connectivity index (χ4n) is 1.97. The summed E-state index contributed by atoms with van der Waals surface area (Å²) in [6.07, 6.45) is 0.111. The van der Waals surface area contributed by atoms with Gasteiger partial charge in [0.15, 0.2) is 5.96 Å². The average molecular weight is 439 g/mol. The maximum Gasteiger partial charge on any atom is 0.272 e. The number of benzene rings is 1. The van der Waals surface area contributed by atoms with E-state index in [1.54, 1.807) is 18.2 Å². The van der Waals surface area contributed by atoms with Gasteiger partial charge >= 0.3 is 0 Å². The van der Waals surface area contributed by atoms with Gasteiger partial charge in [0.05, 0.1) is 6.54 Å². The first kappa shape index (κ1) is 19.9. The second kappa shape index (κ2) is 10.6. The second-order valence-electron chi connectivity index (χ2n) is 5.37. The van der Waals surface area contributed by atoms with Gasteiger partial charge in [-0.2, -0.15) is 0 Å². The Morgan fingerprint density at radius 1 is 1.35 bits per heavy atom. The Hall–Kier alpha value is -1.12. The first-order valence-electron chi connectivity index (χ1n) is 7.69. The summed E-state index contributed by atoms with van der Waals surface area (Å²) in [6.45, 7) is 3.66. The number of halogens is 3. The van der Waals surface area contributed by atoms with Crippen molar-refractivity contribution in [3.63, 3.8) is 0 Å². The van der Waals surface area contributed by atoms with E-state index in [1.807, 2.05) is 13.0 Å². The number of rotatable bonds is 8. The molecule has 1 aliphatic rings. The highest BCUT2D eigenvalue weighted by molar-refractivity contribution is 14.0. The molecule has 2 rings (SSSR count). The van der Waals surface area contributed by atoms with Crippen LogP contribution in [0, 0.1) is 5.92 Å². The highest BCUT2D eigenvalue weighted by atomic mass is 127. The standard InChI is InChI=1S/C16H23F2N3O.HI/c1-2-19-16(20-9-12-6-7-12)21-10-13-4-3-5-14(8-13)22-11-15(17)18;/h3-5,8,12,15H,2,6-7,9-11H2,1H3,(H2,19,20,21);1H. The summed E-state index contributed by atoms with van der Waals surface area (Å²) in [5, 5.41) is 6.52. The van der Waals surface area contributed by atoms with Gasteiger partial charge in [-0.05, 0) is 43.4 Å². The van der Waals surface area contributed by atoms with Crippen LogP contribution in [0.25, 0.3) is 0 Å². The summed E-state index contributed by atoms with van der Waals surface area (Å²) >= 11 is 0. The lowest BCUT2D eigenvalue weighted by Crippen LogP contribution is -2.38. The lowest BCUT2D eigenvalue weighted by atomic mass is 10.2. The Morgan fingerprint density at radius 2 is 2.13 bits per heavy atom. The van der Waals surface area contributed by atoms with Gasteiger partial charge in [0, 0.05) is 13.1 Å². The Labute approximate surface area is 153 Å². The third-order valence-corrected chi connectivity index (χ3v) is 3.29. The normalized spacial score (nSPS) is 14.3. The molecule has 1 aliphatic carbocycles. The van der Waals surface area contributed by atoms with Crippen molar-refractivity contribution in [3.8, 4) is 5.75 Å². The van der Waals surface area contributed by atoms with Gasteiger partial charge in [-0.15, -0.1) is 24.0 Å². The molecule has 0 atom stereocenters. The molecular weight excluding hydrogens is 415 g/mol. The van der Waals surface area contributed by atoms with Crippen LogP contribution < -0.4 is 15.4 Å². The molecule has 23 heavy (non-hydrogen) atoms. The van der Waals surface area contributed by atoms with Crippen molar-refractivity contribution < 1.29 is 13.5 Å². The molecule has 0 unspecified atom stereocenters. The molecule has 4 nitrogen and oxygen atoms in total. The molecule has 1 saturated carbocycles. The zero-order chi connectivity index (χ0) is 15.8. The third kappa shape index (κ3) is 8.34. The minimum absolute atomic E-state index is 0. The lowest BCUT2D eigenvalue weighted by molar-refractivity contribution is 0.0818. The third-order valence-electron chi connectivity index (χ3n) is 3.29. The quantitative estimate of drug-likeness (QED) is 0.371. The van der Waals surface area contributed by atoms with Crippen molar-refractivity contribution in [3.05, 3.63) is 29.8 Å². The van der Waals surface area contributed by atoms with Crippen LogP contribution in [0.5, 0.6) is 5.75 Å². The Morgan fingerprint density at radius 3 is 2.78 bits per heavy atom. The van der Waals surface area contributed by atoms with Crippen molar-refractivity contribution in [2.45, 2.75) is 32.7 Å². The number of hydrogen-bond donors (Lipinski definition) is 2. The van der Waals surface area contributed by atoms with Crippen LogP contribution in [0.1, 0.15) is 25.3 Å². The predicted octanol–water partition coefficient (Wildman–Crippen LogP) is 3.41. The molecule has 130 valence electrons. The van der Waals surface area contributed by atoms with E-state index < -0.39 is 13.0 Å². The van der Waals surface area contributed by atoms with Crippen LogP contribution in [-0.2, 0) is 6.54 Å². The Kier molecular flexibility index (Phi) is 9.20. The summed E-state index contributed by atoms with van der Waals surface area (Å²) in [5.74, 6) is 2.01. The summed E-state index contributed by atoms with van der Waals surface area (Å²) in [4.78, 5) is 4.51. The van der Waals surface area contributed by atoms with Crippen LogP contribution in [0.3, 0.4) is 0 Å². The summed E-state index contributed by atoms with van der Waals surface area (Å²) in [5.41, 5.74) is 0.926. The molecule has 0 saturated heterocycles. The zero-order valence-electron chi connectivity index (χ0n) is 13.2. The molecule has 0 spiro atoms.